The second-order valence-electron chi connectivity index (χ2n) is 25.0. The summed E-state index contributed by atoms with van der Waals surface area (Å²) in [5, 5.41) is 39.8. The lowest BCUT2D eigenvalue weighted by atomic mass is 10.1. The van der Waals surface area contributed by atoms with E-state index in [1.165, 1.54) is 119 Å². The number of aryl methyl sites for hydroxylation is 1. The van der Waals surface area contributed by atoms with Crippen LogP contribution in [0.1, 0.15) is 28.8 Å². The van der Waals surface area contributed by atoms with Gasteiger partial charge in [-0.3, -0.25) is 29.8 Å². The molecule has 6 aromatic carbocycles. The summed E-state index contributed by atoms with van der Waals surface area (Å²) in [7, 11) is 1.90. The average Bonchev–Trinajstić information content (AvgIpc) is 1.67. The maximum atomic E-state index is 14.6. The number of nitrogens with zero attached hydrogens (tertiary/aromatic N) is 13. The van der Waals surface area contributed by atoms with E-state index >= 15 is 0 Å². The highest BCUT2D eigenvalue weighted by atomic mass is 127. The number of rotatable bonds is 17. The number of thiophene rings is 5. The predicted molar refractivity (Wildman–Crippen MR) is 522 cm³/mol. The number of aromatic nitrogens is 10. The van der Waals surface area contributed by atoms with Gasteiger partial charge in [0.1, 0.15) is 56.0 Å². The number of ether oxygens (including phenoxy) is 4. The number of anilines is 2. The second-order valence-corrected chi connectivity index (χ2v) is 39.5. The van der Waals surface area contributed by atoms with Gasteiger partial charge in [-0.15, -0.1) is 92.0 Å². The van der Waals surface area contributed by atoms with Crippen molar-refractivity contribution in [1.82, 2.24) is 55.2 Å². The molecule has 17 rings (SSSR count). The first kappa shape index (κ1) is 104. The number of isothiocyanates is 1. The fourth-order valence-corrected chi connectivity index (χ4v) is 17.2. The van der Waals surface area contributed by atoms with Crippen LogP contribution in [0.5, 0.6) is 40.6 Å². The van der Waals surface area contributed by atoms with Crippen molar-refractivity contribution in [1.29, 1.82) is 0 Å². The smallest absolute Gasteiger partial charge is 0.272 e. The third-order valence-electron chi connectivity index (χ3n) is 16.0. The molecule has 2 amide bonds. The number of phenols is 1. The first-order chi connectivity index (χ1) is 61.6. The molecule has 1 atom stereocenters. The number of hydrogen-bond acceptors (Lipinski definition) is 33. The van der Waals surface area contributed by atoms with Gasteiger partial charge in [0.15, 0.2) is 51.4 Å². The number of non-ortho nitro benzene ring substituents is 2. The zero-order valence-corrected chi connectivity index (χ0v) is 81.6. The van der Waals surface area contributed by atoms with Gasteiger partial charge in [0.2, 0.25) is 23.5 Å². The number of fused-ring (bicyclic) bond motifs is 5. The van der Waals surface area contributed by atoms with Crippen LogP contribution in [0, 0.1) is 50.4 Å². The predicted octanol–water partition coefficient (Wildman–Crippen LogP) is 20.4. The summed E-state index contributed by atoms with van der Waals surface area (Å²) in [6, 6.07) is 42.9. The van der Waals surface area contributed by atoms with Crippen molar-refractivity contribution in [3.63, 3.8) is 0 Å². The van der Waals surface area contributed by atoms with Crippen molar-refractivity contribution in [2.75, 3.05) is 55.5 Å². The number of carbonyl (C=O) groups excluding carboxylic acids is 2. The van der Waals surface area contributed by atoms with Crippen molar-refractivity contribution in [3.8, 4) is 40.6 Å². The van der Waals surface area contributed by atoms with Crippen LogP contribution in [0.2, 0.25) is 10.3 Å². The molecule has 129 heavy (non-hydrogen) atoms. The van der Waals surface area contributed by atoms with Gasteiger partial charge < -0.3 is 64.4 Å². The van der Waals surface area contributed by atoms with E-state index in [0.29, 0.717) is 56.1 Å². The van der Waals surface area contributed by atoms with Crippen LogP contribution in [-0.2, 0) is 36.7 Å². The Morgan fingerprint density at radius 1 is 0.581 bits per heavy atom. The van der Waals surface area contributed by atoms with Crippen molar-refractivity contribution in [2.45, 2.75) is 45.2 Å². The molecule has 16 aromatic rings. The number of thioether (sulfide) groups is 3. The lowest BCUT2D eigenvalue weighted by Gasteiger charge is -2.11. The number of benzene rings is 6. The fourth-order valence-electron chi connectivity index (χ4n) is 10.0. The summed E-state index contributed by atoms with van der Waals surface area (Å²) in [5.41, 5.74) is 11.5. The maximum Gasteiger partial charge on any atom is 0.272 e. The minimum Gasteiger partial charge on any atom is -1.00 e. The molecule has 1 aliphatic heterocycles. The number of aromatic hydroxyl groups is 1. The lowest BCUT2D eigenvalue weighted by molar-refractivity contribution is -0.385. The molecule has 11 heterocycles. The summed E-state index contributed by atoms with van der Waals surface area (Å²) in [6.07, 6.45) is 20.3. The van der Waals surface area contributed by atoms with E-state index in [1.807, 2.05) is 138 Å². The van der Waals surface area contributed by atoms with Gasteiger partial charge >= 0.3 is 0 Å². The fraction of sp³-hybridized carbons (Fsp3) is 0.145. The highest BCUT2D eigenvalue weighted by Crippen LogP contribution is 2.41. The highest BCUT2D eigenvalue weighted by Gasteiger charge is 2.20. The van der Waals surface area contributed by atoms with E-state index in [-0.39, 0.29) is 91.3 Å². The number of halogens is 7. The van der Waals surface area contributed by atoms with Crippen LogP contribution >= 0.6 is 150 Å². The Morgan fingerprint density at radius 2 is 1.01 bits per heavy atom. The van der Waals surface area contributed by atoms with E-state index in [0.717, 1.165) is 96.7 Å². The molecule has 1 aliphatic rings. The number of nitrogens with two attached hydrogens (primary N) is 1. The number of nitrogens with one attached hydrogen (secondary N) is 2. The van der Waals surface area contributed by atoms with Crippen LogP contribution in [0.4, 0.5) is 40.3 Å². The molecule has 1 fully saturated rings. The Bertz CT molecular complexity index is 6570. The SMILES string of the molecule is C1CCOC1.C=[SH+](C)SC.CSc1cc2ncnc(Cl)c2s1.CSc1cc2ncnc(Oc3ccc(N)cc3F)c2s1.CSc1cc2ncnc(Oc3ccc([N+](=O)[O-])cc3F)c2s1.Cc1cc2ncnc(Oc3ccc(NC(=S)NC(=O)Cc4ccccc4)cc3F)c2s1.Clc1ncnc2ccsc12.O=C(Cc1ccccc1)N=C=S.O=[N+]([O-])c1ccc(O)c(F)c1.[I-]. The highest BCUT2D eigenvalue weighted by molar-refractivity contribution is 8.71. The average molecular weight is 2130 g/mol. The van der Waals surface area contributed by atoms with Crippen LogP contribution in [-0.4, -0.2) is 137 Å². The number of nitro groups is 2. The number of phenolic OH excluding ortho intramolecular Hbond substituents is 1. The minimum absolute atomic E-state index is 0. The van der Waals surface area contributed by atoms with Crippen LogP contribution in [0.15, 0.2) is 218 Å². The molecule has 0 spiro atoms. The molecule has 46 heteroatoms. The summed E-state index contributed by atoms with van der Waals surface area (Å²) in [5.74, 6) is 0.642. The van der Waals surface area contributed by atoms with Crippen LogP contribution in [0.3, 0.4) is 0 Å². The van der Waals surface area contributed by atoms with Crippen molar-refractivity contribution in [3.05, 3.63) is 271 Å². The molecular formula is C83H71Cl2F4IN16O11S12. The zero-order valence-electron chi connectivity index (χ0n) is 68.0. The van der Waals surface area contributed by atoms with Gasteiger partial charge in [0.05, 0.1) is 102 Å². The molecule has 0 saturated carbocycles. The Balaban J connectivity index is 0.000000188. The maximum absolute atomic E-state index is 14.6. The lowest BCUT2D eigenvalue weighted by Crippen LogP contribution is -3.00. The first-order valence-corrected chi connectivity index (χ1v) is 49.8. The van der Waals surface area contributed by atoms with Crippen molar-refractivity contribution >= 4 is 262 Å². The summed E-state index contributed by atoms with van der Waals surface area (Å²) >= 11 is 33.6. The number of hydrogen-bond donors (Lipinski definition) is 4. The number of thiol groups is 1. The molecule has 27 nitrogen and oxygen atoms in total. The largest absolute Gasteiger partial charge is 1.00 e. The summed E-state index contributed by atoms with van der Waals surface area (Å²) < 4.78 is 83.8. The summed E-state index contributed by atoms with van der Waals surface area (Å²) in [4.78, 5) is 87.3. The Hall–Kier alpha value is -10.2. The number of nitrogen functional groups attached to an aromatic ring is 1. The number of amides is 2. The number of thiocarbonyl (C=S) groups is 2. The molecular weight excluding hydrogens is 2060 g/mol. The topological polar surface area (TPSA) is 369 Å². The van der Waals surface area contributed by atoms with E-state index < -0.39 is 38.9 Å². The normalized spacial score (nSPS) is 11.0. The van der Waals surface area contributed by atoms with Crippen molar-refractivity contribution in [2.24, 2.45) is 4.99 Å². The first-order valence-electron chi connectivity index (χ1n) is 36.6. The van der Waals surface area contributed by atoms with E-state index in [2.05, 4.69) is 96.1 Å². The number of aliphatic imine (C=N–C) groups is 1. The molecule has 1 saturated heterocycles. The van der Waals surface area contributed by atoms with Crippen LogP contribution < -0.4 is 54.6 Å². The van der Waals surface area contributed by atoms with Gasteiger partial charge in [0, 0.05) is 70.8 Å². The number of carbonyl (C=O) groups is 2. The van der Waals surface area contributed by atoms with Gasteiger partial charge in [0.25, 0.3) is 17.3 Å². The molecule has 10 aromatic heterocycles. The standard InChI is InChI=1S/C22H17FN4O2S2.C13H8FN3O3S2.C13H10FN3OS2.C9H7NOS.C7H5ClN2S2.C6H3ClN2S.C6H4FNO3.C4H8O.C3H8S2.HI/c1-13-9-17-20(31-13)21(25-12-24-17)29-18-8-7-15(11-16(18)23)26-22(30)27-19(28)10-14-5-3-2-4-6-14;1-21-11-5-9-12(22-11)13(16-6-15-9)20-10-3-2-7(17(18)19)4-8(10)14;1-19-11-5-9-12(20-11)13(17-6-16-9)18-10-3-2-7(15)4-8(10)14;11-9(10-7-12)6-8-4-2-1-3-5-8;1-11-5-2-4-6(12-5)7(8)10-3-9-4;7-6-5-4(1-2-10-5)8-3-9-6;7-5-3-4(8(10)11)1-2-6(5)9;1-2-4-5-3-1;1-4-5(2)3;/h2-9,11-12H,10H2,1H3,(H2,26,27,28,30);2-6H,1H3;2-6H,15H2,1H3;1-5H,6H2;2-3H,1H3;1-3H;1-3,9H;1-4H2;2H2,1,3H3;1H. The van der Waals surface area contributed by atoms with Crippen LogP contribution in [0.25, 0.3) is 51.1 Å². The van der Waals surface area contributed by atoms with E-state index in [4.69, 9.17) is 65.2 Å². The molecule has 0 radical (unpaired) electrons. The van der Waals surface area contributed by atoms with Gasteiger partial charge in [-0.25, -0.2) is 67.4 Å². The Labute approximate surface area is 811 Å². The van der Waals surface area contributed by atoms with Gasteiger partial charge in [-0.1, -0.05) is 93.4 Å². The molecule has 1 unspecified atom stereocenters. The van der Waals surface area contributed by atoms with Gasteiger partial charge in [-0.05, 0) is 146 Å². The third kappa shape index (κ3) is 33.3. The number of nitro benzene ring substituents is 2. The van der Waals surface area contributed by atoms with E-state index in [1.54, 1.807) is 70.1 Å². The Kier molecular flexibility index (Phi) is 43.4. The van der Waals surface area contributed by atoms with Crippen molar-refractivity contribution < 1.29 is 85.0 Å². The second kappa shape index (κ2) is 53.8. The minimum atomic E-state index is -0.987. The molecule has 0 bridgehead atoms. The molecule has 670 valence electrons. The molecule has 0 aliphatic carbocycles. The molecule has 5 N–H and O–H groups in total. The Morgan fingerprint density at radius 3 is 1.45 bits per heavy atom. The monoisotopic (exact) mass is 2120 g/mol. The third-order valence-corrected chi connectivity index (χ3v) is 28.0. The van der Waals surface area contributed by atoms with Gasteiger partial charge in [-0.2, -0.15) is 4.99 Å². The summed E-state index contributed by atoms with van der Waals surface area (Å²) in [6.45, 7) is 3.96. The van der Waals surface area contributed by atoms with E-state index in [9.17, 15) is 47.4 Å². The zero-order chi connectivity index (χ0) is 92.2. The quantitative estimate of drug-likeness (QED) is 0.00535.